The van der Waals surface area contributed by atoms with E-state index in [0.29, 0.717) is 22.0 Å². The van der Waals surface area contributed by atoms with Crippen molar-refractivity contribution in [2.24, 2.45) is 13.0 Å². The number of aromatic nitrogens is 2. The predicted molar refractivity (Wildman–Crippen MR) is 102 cm³/mol. The number of aryl methyl sites for hydroxylation is 1. The van der Waals surface area contributed by atoms with Crippen molar-refractivity contribution < 1.29 is 4.79 Å². The van der Waals surface area contributed by atoms with E-state index in [0.717, 1.165) is 12.0 Å². The van der Waals surface area contributed by atoms with Crippen molar-refractivity contribution in [2.45, 2.75) is 50.7 Å². The molecule has 1 aliphatic rings. The van der Waals surface area contributed by atoms with E-state index in [1.54, 1.807) is 7.05 Å². The van der Waals surface area contributed by atoms with Crippen molar-refractivity contribution in [2.75, 3.05) is 5.75 Å². The molecule has 1 aromatic carbocycles. The van der Waals surface area contributed by atoms with Crippen LogP contribution in [0.5, 0.6) is 0 Å². The van der Waals surface area contributed by atoms with Crippen LogP contribution in [-0.2, 0) is 11.8 Å². The van der Waals surface area contributed by atoms with Gasteiger partial charge in [-0.05, 0) is 37.8 Å². The van der Waals surface area contributed by atoms with E-state index < -0.39 is 0 Å². The lowest BCUT2D eigenvalue weighted by molar-refractivity contribution is -0.119. The quantitative estimate of drug-likeness (QED) is 0.673. The van der Waals surface area contributed by atoms with E-state index in [2.05, 4.69) is 17.2 Å². The highest BCUT2D eigenvalue weighted by Gasteiger charge is 2.23. The summed E-state index contributed by atoms with van der Waals surface area (Å²) in [4.78, 5) is 29.4. The molecule has 1 amide bonds. The fourth-order valence-electron chi connectivity index (χ4n) is 3.40. The van der Waals surface area contributed by atoms with Crippen molar-refractivity contribution >= 4 is 28.6 Å². The molecule has 0 saturated heterocycles. The summed E-state index contributed by atoms with van der Waals surface area (Å²) >= 11 is 1.32. The highest BCUT2D eigenvalue weighted by molar-refractivity contribution is 7.99. The smallest absolute Gasteiger partial charge is 0.261 e. The number of fused-ring (bicyclic) bond motifs is 1. The number of carbonyl (C=O) groups is 1. The molecule has 2 aromatic rings. The zero-order valence-corrected chi connectivity index (χ0v) is 15.9. The maximum Gasteiger partial charge on any atom is 0.261 e. The van der Waals surface area contributed by atoms with Gasteiger partial charge >= 0.3 is 0 Å². The van der Waals surface area contributed by atoms with Gasteiger partial charge < -0.3 is 5.32 Å². The molecule has 1 saturated carbocycles. The second-order valence-corrected chi connectivity index (χ2v) is 7.95. The molecule has 2 atom stereocenters. The third kappa shape index (κ3) is 4.06. The minimum Gasteiger partial charge on any atom is -0.352 e. The number of benzene rings is 1. The molecule has 1 aromatic heterocycles. The normalized spacial score (nSPS) is 20.6. The fourth-order valence-corrected chi connectivity index (χ4v) is 4.19. The van der Waals surface area contributed by atoms with Gasteiger partial charge in [-0.15, -0.1) is 0 Å². The number of nitrogens with zero attached hydrogens (tertiary/aromatic N) is 2. The van der Waals surface area contributed by atoms with Gasteiger partial charge in [-0.1, -0.05) is 43.2 Å². The Kier molecular flexibility index (Phi) is 5.47. The Balaban J connectivity index is 1.70. The summed E-state index contributed by atoms with van der Waals surface area (Å²) in [6.45, 7) is 4.16. The molecule has 0 radical (unpaired) electrons. The maximum atomic E-state index is 12.5. The highest BCUT2D eigenvalue weighted by Crippen LogP contribution is 2.24. The molecule has 3 rings (SSSR count). The SMILES string of the molecule is Cc1ccc2nc(SCC(=O)NC3CCCCC3C)n(C)c(=O)c2c1. The molecule has 5 nitrogen and oxygen atoms in total. The third-order valence-electron chi connectivity index (χ3n) is 4.98. The number of thioether (sulfide) groups is 1. The van der Waals surface area contributed by atoms with Crippen molar-refractivity contribution in [1.82, 2.24) is 14.9 Å². The summed E-state index contributed by atoms with van der Waals surface area (Å²) in [7, 11) is 1.71. The van der Waals surface area contributed by atoms with Gasteiger partial charge in [0.1, 0.15) is 0 Å². The number of nitrogens with one attached hydrogen (secondary N) is 1. The van der Waals surface area contributed by atoms with Crippen LogP contribution in [0.2, 0.25) is 0 Å². The third-order valence-corrected chi connectivity index (χ3v) is 6.01. The van der Waals surface area contributed by atoms with Gasteiger partial charge in [-0.3, -0.25) is 14.2 Å². The number of rotatable bonds is 4. The van der Waals surface area contributed by atoms with E-state index >= 15 is 0 Å². The molecule has 1 heterocycles. The highest BCUT2D eigenvalue weighted by atomic mass is 32.2. The van der Waals surface area contributed by atoms with E-state index in [-0.39, 0.29) is 23.3 Å². The first-order chi connectivity index (χ1) is 12.0. The standard InChI is InChI=1S/C19H25N3O2S/c1-12-8-9-16-14(10-12)18(24)22(3)19(21-16)25-11-17(23)20-15-7-5-4-6-13(15)2/h8-10,13,15H,4-7,11H2,1-3H3,(H,20,23). The number of amides is 1. The summed E-state index contributed by atoms with van der Waals surface area (Å²) in [6.07, 6.45) is 4.68. The van der Waals surface area contributed by atoms with Crippen LogP contribution >= 0.6 is 11.8 Å². The van der Waals surface area contributed by atoms with Crippen LogP contribution in [0.25, 0.3) is 10.9 Å². The zero-order chi connectivity index (χ0) is 18.0. The zero-order valence-electron chi connectivity index (χ0n) is 15.0. The van der Waals surface area contributed by atoms with Crippen LogP contribution in [0.3, 0.4) is 0 Å². The maximum absolute atomic E-state index is 12.5. The lowest BCUT2D eigenvalue weighted by atomic mass is 9.86. The Labute approximate surface area is 152 Å². The van der Waals surface area contributed by atoms with Gasteiger partial charge in [0, 0.05) is 13.1 Å². The summed E-state index contributed by atoms with van der Waals surface area (Å²) in [6, 6.07) is 5.94. The molecule has 1 N–H and O–H groups in total. The van der Waals surface area contributed by atoms with Crippen LogP contribution in [0.15, 0.2) is 28.2 Å². The fraction of sp³-hybridized carbons (Fsp3) is 0.526. The van der Waals surface area contributed by atoms with E-state index in [9.17, 15) is 9.59 Å². The van der Waals surface area contributed by atoms with E-state index in [4.69, 9.17) is 0 Å². The Morgan fingerprint density at radius 2 is 2.12 bits per heavy atom. The first kappa shape index (κ1) is 18.0. The summed E-state index contributed by atoms with van der Waals surface area (Å²) < 4.78 is 1.53. The van der Waals surface area contributed by atoms with Gasteiger partial charge in [-0.25, -0.2) is 4.98 Å². The predicted octanol–water partition coefficient (Wildman–Crippen LogP) is 3.03. The minimum absolute atomic E-state index is 0.0157. The molecule has 1 aliphatic carbocycles. The Bertz CT molecular complexity index is 846. The minimum atomic E-state index is -0.0717. The molecule has 0 spiro atoms. The van der Waals surface area contributed by atoms with Gasteiger partial charge in [0.2, 0.25) is 5.91 Å². The Morgan fingerprint density at radius 1 is 1.36 bits per heavy atom. The first-order valence-corrected chi connectivity index (χ1v) is 9.84. The number of carbonyl (C=O) groups excluding carboxylic acids is 1. The monoisotopic (exact) mass is 359 g/mol. The lowest BCUT2D eigenvalue weighted by Crippen LogP contribution is -2.41. The molecule has 0 aliphatic heterocycles. The van der Waals surface area contributed by atoms with Crippen LogP contribution < -0.4 is 10.9 Å². The summed E-state index contributed by atoms with van der Waals surface area (Å²) in [5, 5.41) is 4.34. The first-order valence-electron chi connectivity index (χ1n) is 8.85. The number of hydrogen-bond donors (Lipinski definition) is 1. The van der Waals surface area contributed by atoms with Crippen LogP contribution in [0.4, 0.5) is 0 Å². The second kappa shape index (κ2) is 7.60. The summed E-state index contributed by atoms with van der Waals surface area (Å²) in [5.41, 5.74) is 1.64. The molecule has 25 heavy (non-hydrogen) atoms. The van der Waals surface area contributed by atoms with Gasteiger partial charge in [0.05, 0.1) is 16.7 Å². The van der Waals surface area contributed by atoms with Gasteiger partial charge in [-0.2, -0.15) is 0 Å². The second-order valence-electron chi connectivity index (χ2n) is 7.00. The molecule has 6 heteroatoms. The largest absolute Gasteiger partial charge is 0.352 e. The molecular formula is C19H25N3O2S. The molecule has 1 fully saturated rings. The van der Waals surface area contributed by atoms with Gasteiger partial charge in [0.15, 0.2) is 5.16 Å². The Hall–Kier alpha value is -1.82. The molecule has 134 valence electrons. The van der Waals surface area contributed by atoms with Crippen LogP contribution in [0, 0.1) is 12.8 Å². The van der Waals surface area contributed by atoms with Crippen molar-refractivity contribution in [3.63, 3.8) is 0 Å². The Morgan fingerprint density at radius 3 is 2.88 bits per heavy atom. The van der Waals surface area contributed by atoms with Crippen LogP contribution in [0.1, 0.15) is 38.2 Å². The lowest BCUT2D eigenvalue weighted by Gasteiger charge is -2.29. The average Bonchev–Trinajstić information content (AvgIpc) is 2.59. The van der Waals surface area contributed by atoms with E-state index in [1.807, 2.05) is 25.1 Å². The van der Waals surface area contributed by atoms with Gasteiger partial charge in [0.25, 0.3) is 5.56 Å². The van der Waals surface area contributed by atoms with Crippen molar-refractivity contribution in [1.29, 1.82) is 0 Å². The average molecular weight is 359 g/mol. The molecule has 2 unspecified atom stereocenters. The molecular weight excluding hydrogens is 334 g/mol. The molecule has 0 bridgehead atoms. The number of hydrogen-bond acceptors (Lipinski definition) is 4. The summed E-state index contributed by atoms with van der Waals surface area (Å²) in [5.74, 6) is 0.831. The van der Waals surface area contributed by atoms with Crippen molar-refractivity contribution in [3.05, 3.63) is 34.1 Å². The van der Waals surface area contributed by atoms with E-state index in [1.165, 1.54) is 35.6 Å². The van der Waals surface area contributed by atoms with Crippen molar-refractivity contribution in [3.8, 4) is 0 Å². The topological polar surface area (TPSA) is 64.0 Å². The van der Waals surface area contributed by atoms with Crippen LogP contribution in [-0.4, -0.2) is 27.3 Å².